The smallest absolute Gasteiger partial charge is 0.250 e. The van der Waals surface area contributed by atoms with Crippen LogP contribution >= 0.6 is 0 Å². The highest BCUT2D eigenvalue weighted by Crippen LogP contribution is 2.20. The summed E-state index contributed by atoms with van der Waals surface area (Å²) in [5.41, 5.74) is 1.23. The van der Waals surface area contributed by atoms with Gasteiger partial charge in [-0.2, -0.15) is 0 Å². The monoisotopic (exact) mass is 278 g/mol. The Hall–Kier alpha value is -1.88. The normalized spacial score (nSPS) is 11.0. The molecule has 0 aliphatic rings. The minimum absolute atomic E-state index is 0.000606. The summed E-state index contributed by atoms with van der Waals surface area (Å²) in [7, 11) is 1.46. The Morgan fingerprint density at radius 2 is 1.65 bits per heavy atom. The molecule has 0 saturated carbocycles. The lowest BCUT2D eigenvalue weighted by Gasteiger charge is -2.17. The molecular weight excluding hydrogens is 256 g/mol. The van der Waals surface area contributed by atoms with Crippen LogP contribution in [0.2, 0.25) is 0 Å². The number of rotatable bonds is 5. The van der Waals surface area contributed by atoms with E-state index in [2.05, 4.69) is 10.6 Å². The van der Waals surface area contributed by atoms with Gasteiger partial charge in [0.1, 0.15) is 6.61 Å². The van der Waals surface area contributed by atoms with Gasteiger partial charge < -0.3 is 15.4 Å². The molecule has 1 aromatic rings. The fourth-order valence-corrected chi connectivity index (χ4v) is 1.69. The van der Waals surface area contributed by atoms with Gasteiger partial charge in [-0.15, -0.1) is 0 Å². The number of nitrogens with one attached hydrogen (secondary N) is 2. The van der Waals surface area contributed by atoms with E-state index in [0.717, 1.165) is 0 Å². The minimum atomic E-state index is -0.231. The van der Waals surface area contributed by atoms with Crippen LogP contribution in [-0.4, -0.2) is 25.5 Å². The summed E-state index contributed by atoms with van der Waals surface area (Å²) in [6.07, 6.45) is 0.438. The number of hydrogen-bond acceptors (Lipinski definition) is 3. The first kappa shape index (κ1) is 16.2. The number of ether oxygens (including phenoxy) is 1. The average molecular weight is 278 g/mol. The zero-order chi connectivity index (χ0) is 15.2. The number of methoxy groups -OCH3 is 1. The van der Waals surface area contributed by atoms with Crippen molar-refractivity contribution in [3.8, 4) is 0 Å². The Morgan fingerprint density at radius 1 is 1.10 bits per heavy atom. The summed E-state index contributed by atoms with van der Waals surface area (Å²) in [4.78, 5) is 23.3. The van der Waals surface area contributed by atoms with Crippen LogP contribution in [0.3, 0.4) is 0 Å². The number of hydrogen-bond donors (Lipinski definition) is 2. The number of anilines is 2. The summed E-state index contributed by atoms with van der Waals surface area (Å²) in [5, 5.41) is 5.51. The standard InChI is InChI=1S/C15H22N2O3/c1-15(2,3)9-13(18)16-11-6-5-7-12(8-11)17-14(19)10-20-4/h5-8H,9-10H2,1-4H3,(H,16,18)(H,17,19). The molecule has 5 nitrogen and oxygen atoms in total. The fraction of sp³-hybridized carbons (Fsp3) is 0.467. The van der Waals surface area contributed by atoms with Crippen molar-refractivity contribution in [1.82, 2.24) is 0 Å². The Kier molecular flexibility index (Phi) is 5.70. The van der Waals surface area contributed by atoms with Crippen LogP contribution in [0, 0.1) is 5.41 Å². The molecule has 0 aliphatic carbocycles. The van der Waals surface area contributed by atoms with Crippen molar-refractivity contribution in [2.24, 2.45) is 5.41 Å². The van der Waals surface area contributed by atoms with Gasteiger partial charge in [0, 0.05) is 24.9 Å². The summed E-state index contributed by atoms with van der Waals surface area (Å²) in [5.74, 6) is -0.275. The number of amides is 2. The first-order chi connectivity index (χ1) is 9.30. The highest BCUT2D eigenvalue weighted by atomic mass is 16.5. The molecule has 20 heavy (non-hydrogen) atoms. The highest BCUT2D eigenvalue weighted by molar-refractivity contribution is 5.94. The van der Waals surface area contributed by atoms with Crippen LogP contribution in [-0.2, 0) is 14.3 Å². The van der Waals surface area contributed by atoms with Gasteiger partial charge in [-0.05, 0) is 23.6 Å². The maximum Gasteiger partial charge on any atom is 0.250 e. The van der Waals surface area contributed by atoms with Crippen LogP contribution < -0.4 is 10.6 Å². The van der Waals surface area contributed by atoms with Crippen LogP contribution in [0.15, 0.2) is 24.3 Å². The quantitative estimate of drug-likeness (QED) is 0.870. The molecule has 5 heteroatoms. The molecule has 0 aromatic heterocycles. The van der Waals surface area contributed by atoms with E-state index in [1.165, 1.54) is 7.11 Å². The molecule has 0 radical (unpaired) electrons. The first-order valence-electron chi connectivity index (χ1n) is 6.49. The van der Waals surface area contributed by atoms with Gasteiger partial charge in [0.2, 0.25) is 11.8 Å². The van der Waals surface area contributed by atoms with Gasteiger partial charge in [0.05, 0.1) is 0 Å². The SMILES string of the molecule is COCC(=O)Nc1cccc(NC(=O)CC(C)(C)C)c1. The van der Waals surface area contributed by atoms with E-state index in [4.69, 9.17) is 4.74 Å². The molecule has 0 heterocycles. The Balaban J connectivity index is 2.64. The van der Waals surface area contributed by atoms with Crippen LogP contribution in [0.5, 0.6) is 0 Å². The summed E-state index contributed by atoms with van der Waals surface area (Å²) in [6, 6.07) is 7.03. The van der Waals surface area contributed by atoms with E-state index in [0.29, 0.717) is 17.8 Å². The number of benzene rings is 1. The molecule has 0 aliphatic heterocycles. The summed E-state index contributed by atoms with van der Waals surface area (Å²) in [6.45, 7) is 6.02. The maximum absolute atomic E-state index is 11.8. The van der Waals surface area contributed by atoms with Crippen molar-refractivity contribution < 1.29 is 14.3 Å². The lowest BCUT2D eigenvalue weighted by Crippen LogP contribution is -2.20. The second kappa shape index (κ2) is 7.05. The zero-order valence-electron chi connectivity index (χ0n) is 12.4. The molecule has 0 bridgehead atoms. The zero-order valence-corrected chi connectivity index (χ0v) is 12.4. The van der Waals surface area contributed by atoms with E-state index < -0.39 is 0 Å². The van der Waals surface area contributed by atoms with E-state index >= 15 is 0 Å². The molecule has 1 rings (SSSR count). The Labute approximate surface area is 119 Å². The van der Waals surface area contributed by atoms with Crippen molar-refractivity contribution in [3.05, 3.63) is 24.3 Å². The fourth-order valence-electron chi connectivity index (χ4n) is 1.69. The van der Waals surface area contributed by atoms with Crippen LogP contribution in [0.1, 0.15) is 27.2 Å². The number of carbonyl (C=O) groups excluding carboxylic acids is 2. The topological polar surface area (TPSA) is 67.4 Å². The van der Waals surface area contributed by atoms with Crippen molar-refractivity contribution in [1.29, 1.82) is 0 Å². The van der Waals surface area contributed by atoms with E-state index in [9.17, 15) is 9.59 Å². The lowest BCUT2D eigenvalue weighted by atomic mass is 9.92. The molecule has 0 unspecified atom stereocenters. The maximum atomic E-state index is 11.8. The Morgan fingerprint density at radius 3 is 2.15 bits per heavy atom. The van der Waals surface area contributed by atoms with E-state index in [1.54, 1.807) is 24.3 Å². The summed E-state index contributed by atoms with van der Waals surface area (Å²) < 4.78 is 4.74. The molecule has 110 valence electrons. The first-order valence-corrected chi connectivity index (χ1v) is 6.49. The second-order valence-electron chi connectivity index (χ2n) is 5.85. The van der Waals surface area contributed by atoms with Gasteiger partial charge in [0.15, 0.2) is 0 Å². The molecule has 2 amide bonds. The van der Waals surface area contributed by atoms with Gasteiger partial charge in [-0.25, -0.2) is 0 Å². The van der Waals surface area contributed by atoms with Crippen LogP contribution in [0.25, 0.3) is 0 Å². The largest absolute Gasteiger partial charge is 0.375 e. The third kappa shape index (κ3) is 6.33. The van der Waals surface area contributed by atoms with E-state index in [1.807, 2.05) is 20.8 Å². The van der Waals surface area contributed by atoms with Gasteiger partial charge in [0.25, 0.3) is 0 Å². The third-order valence-corrected chi connectivity index (χ3v) is 2.40. The van der Waals surface area contributed by atoms with Gasteiger partial charge >= 0.3 is 0 Å². The van der Waals surface area contributed by atoms with Gasteiger partial charge in [-0.3, -0.25) is 9.59 Å². The van der Waals surface area contributed by atoms with Crippen molar-refractivity contribution in [2.45, 2.75) is 27.2 Å². The van der Waals surface area contributed by atoms with E-state index in [-0.39, 0.29) is 23.8 Å². The molecular formula is C15H22N2O3. The molecule has 0 fully saturated rings. The molecule has 2 N–H and O–H groups in total. The Bertz CT molecular complexity index is 478. The second-order valence-corrected chi connectivity index (χ2v) is 5.85. The summed E-state index contributed by atoms with van der Waals surface area (Å²) >= 11 is 0. The minimum Gasteiger partial charge on any atom is -0.375 e. The highest BCUT2D eigenvalue weighted by Gasteiger charge is 2.16. The van der Waals surface area contributed by atoms with Crippen LogP contribution in [0.4, 0.5) is 11.4 Å². The average Bonchev–Trinajstić information content (AvgIpc) is 2.26. The van der Waals surface area contributed by atoms with Crippen molar-refractivity contribution in [2.75, 3.05) is 24.4 Å². The predicted molar refractivity (Wildman–Crippen MR) is 79.6 cm³/mol. The van der Waals surface area contributed by atoms with Crippen molar-refractivity contribution in [3.63, 3.8) is 0 Å². The van der Waals surface area contributed by atoms with Crippen molar-refractivity contribution >= 4 is 23.2 Å². The third-order valence-electron chi connectivity index (χ3n) is 2.40. The predicted octanol–water partition coefficient (Wildman–Crippen LogP) is 2.65. The molecule has 1 aromatic carbocycles. The molecule has 0 atom stereocenters. The molecule has 0 saturated heterocycles. The molecule has 0 spiro atoms. The lowest BCUT2D eigenvalue weighted by molar-refractivity contribution is -0.119. The number of carbonyl (C=O) groups is 2. The van der Waals surface area contributed by atoms with Gasteiger partial charge in [-0.1, -0.05) is 26.8 Å².